The van der Waals surface area contributed by atoms with Crippen molar-refractivity contribution in [3.05, 3.63) is 51.6 Å². The minimum atomic E-state index is -4.59. The molecular weight excluding hydrogens is 314 g/mol. The predicted molar refractivity (Wildman–Crippen MR) is 70.6 cm³/mol. The Morgan fingerprint density at radius 2 is 1.65 bits per heavy atom. The Hall–Kier alpha value is -1.30. The number of hydrogen-bond donors (Lipinski definition) is 1. The molecule has 7 heteroatoms. The van der Waals surface area contributed by atoms with Gasteiger partial charge in [0.05, 0.1) is 22.3 Å². The van der Waals surface area contributed by atoms with Gasteiger partial charge in [0.15, 0.2) is 0 Å². The highest BCUT2D eigenvalue weighted by atomic mass is 35.5. The first-order chi connectivity index (χ1) is 9.34. The van der Waals surface area contributed by atoms with E-state index in [9.17, 15) is 18.3 Å². The van der Waals surface area contributed by atoms with Gasteiger partial charge in [0.2, 0.25) is 0 Å². The molecule has 0 radical (unpaired) electrons. The number of alkyl halides is 3. The Morgan fingerprint density at radius 3 is 2.15 bits per heavy atom. The Bertz CT molecular complexity index is 624. The van der Waals surface area contributed by atoms with E-state index < -0.39 is 18.5 Å². The number of aliphatic hydroxyl groups excluding tert-OH is 1. The van der Waals surface area contributed by atoms with Gasteiger partial charge in [0, 0.05) is 11.1 Å². The minimum absolute atomic E-state index is 0.0714. The summed E-state index contributed by atoms with van der Waals surface area (Å²) in [5, 5.41) is 9.58. The van der Waals surface area contributed by atoms with Crippen LogP contribution < -0.4 is 0 Å². The van der Waals surface area contributed by atoms with Crippen molar-refractivity contribution in [2.75, 3.05) is 0 Å². The van der Waals surface area contributed by atoms with Crippen molar-refractivity contribution in [3.8, 4) is 11.3 Å². The molecule has 0 atom stereocenters. The van der Waals surface area contributed by atoms with Gasteiger partial charge < -0.3 is 5.11 Å². The fourth-order valence-electron chi connectivity index (χ4n) is 1.71. The summed E-state index contributed by atoms with van der Waals surface area (Å²) >= 11 is 11.9. The average molecular weight is 322 g/mol. The Morgan fingerprint density at radius 1 is 1.05 bits per heavy atom. The van der Waals surface area contributed by atoms with Crippen LogP contribution in [0.3, 0.4) is 0 Å². The second-order valence-electron chi connectivity index (χ2n) is 3.96. The lowest BCUT2D eigenvalue weighted by Gasteiger charge is -2.13. The summed E-state index contributed by atoms with van der Waals surface area (Å²) in [5.41, 5.74) is -0.752. The zero-order valence-corrected chi connectivity index (χ0v) is 11.4. The van der Waals surface area contributed by atoms with Crippen LogP contribution >= 0.6 is 23.2 Å². The predicted octanol–water partition coefficient (Wildman–Crippen LogP) is 4.57. The topological polar surface area (TPSA) is 33.1 Å². The van der Waals surface area contributed by atoms with Crippen LogP contribution in [0.2, 0.25) is 10.0 Å². The van der Waals surface area contributed by atoms with Crippen molar-refractivity contribution in [2.45, 2.75) is 12.8 Å². The van der Waals surface area contributed by atoms with E-state index >= 15 is 0 Å². The standard InChI is InChI=1S/C13H8Cl2F3NO/c14-8-2-1-3-9(15)11(8)12-7(6-20)4-5-10(19-12)13(16,17)18/h1-5,20H,6H2. The zero-order valence-electron chi connectivity index (χ0n) is 9.88. The molecule has 1 aromatic carbocycles. The molecule has 0 unspecified atom stereocenters. The number of hydrogen-bond acceptors (Lipinski definition) is 2. The molecule has 2 nitrogen and oxygen atoms in total. The van der Waals surface area contributed by atoms with E-state index in [-0.39, 0.29) is 26.9 Å². The Kier molecular flexibility index (Phi) is 4.22. The number of pyridine rings is 1. The first kappa shape index (κ1) is 15.1. The number of aromatic nitrogens is 1. The molecule has 0 spiro atoms. The minimum Gasteiger partial charge on any atom is -0.392 e. The molecule has 0 aliphatic carbocycles. The van der Waals surface area contributed by atoms with E-state index in [1.807, 2.05) is 0 Å². The number of nitrogens with zero attached hydrogens (tertiary/aromatic N) is 1. The van der Waals surface area contributed by atoms with Gasteiger partial charge in [-0.1, -0.05) is 35.3 Å². The van der Waals surface area contributed by atoms with Crippen LogP contribution in [-0.4, -0.2) is 10.1 Å². The molecule has 0 bridgehead atoms. The summed E-state index contributed by atoms with van der Waals surface area (Å²) in [6, 6.07) is 6.52. The van der Waals surface area contributed by atoms with Gasteiger partial charge in [-0.05, 0) is 18.2 Å². The lowest BCUT2D eigenvalue weighted by molar-refractivity contribution is -0.141. The molecule has 0 saturated carbocycles. The monoisotopic (exact) mass is 321 g/mol. The Labute approximate surface area is 122 Å². The van der Waals surface area contributed by atoms with Crippen LogP contribution in [0.15, 0.2) is 30.3 Å². The second-order valence-corrected chi connectivity index (χ2v) is 4.77. The third-order valence-corrected chi connectivity index (χ3v) is 3.27. The highest BCUT2D eigenvalue weighted by Gasteiger charge is 2.33. The lowest BCUT2D eigenvalue weighted by Crippen LogP contribution is -2.10. The molecule has 0 saturated heterocycles. The molecule has 0 fully saturated rings. The fourth-order valence-corrected chi connectivity index (χ4v) is 2.29. The maximum Gasteiger partial charge on any atom is 0.433 e. The number of benzene rings is 1. The van der Waals surface area contributed by atoms with E-state index in [0.29, 0.717) is 0 Å². The van der Waals surface area contributed by atoms with E-state index in [2.05, 4.69) is 4.98 Å². The molecule has 1 N–H and O–H groups in total. The third-order valence-electron chi connectivity index (χ3n) is 2.64. The first-order valence-electron chi connectivity index (χ1n) is 5.47. The maximum absolute atomic E-state index is 12.7. The van der Waals surface area contributed by atoms with Crippen molar-refractivity contribution in [1.29, 1.82) is 0 Å². The van der Waals surface area contributed by atoms with Gasteiger partial charge in [-0.3, -0.25) is 0 Å². The summed E-state index contributed by atoms with van der Waals surface area (Å²) in [5.74, 6) is 0. The van der Waals surface area contributed by atoms with E-state index in [1.54, 1.807) is 6.07 Å². The van der Waals surface area contributed by atoms with Crippen LogP contribution in [-0.2, 0) is 12.8 Å². The van der Waals surface area contributed by atoms with E-state index in [1.165, 1.54) is 12.1 Å². The highest BCUT2D eigenvalue weighted by molar-refractivity contribution is 6.39. The van der Waals surface area contributed by atoms with Gasteiger partial charge in [0.1, 0.15) is 5.69 Å². The summed E-state index contributed by atoms with van der Waals surface area (Å²) < 4.78 is 38.2. The summed E-state index contributed by atoms with van der Waals surface area (Å²) in [6.07, 6.45) is -4.59. The summed E-state index contributed by atoms with van der Waals surface area (Å²) in [7, 11) is 0. The van der Waals surface area contributed by atoms with E-state index in [4.69, 9.17) is 23.2 Å². The van der Waals surface area contributed by atoms with E-state index in [0.717, 1.165) is 12.1 Å². The second kappa shape index (κ2) is 5.60. The molecule has 106 valence electrons. The molecular formula is C13H8Cl2F3NO. The summed E-state index contributed by atoms with van der Waals surface area (Å²) in [4.78, 5) is 3.55. The third kappa shape index (κ3) is 2.90. The van der Waals surface area contributed by atoms with Crippen molar-refractivity contribution in [3.63, 3.8) is 0 Å². The van der Waals surface area contributed by atoms with Crippen LogP contribution in [0.5, 0.6) is 0 Å². The fraction of sp³-hybridized carbons (Fsp3) is 0.154. The van der Waals surface area contributed by atoms with Crippen molar-refractivity contribution < 1.29 is 18.3 Å². The van der Waals surface area contributed by atoms with Gasteiger partial charge in [-0.15, -0.1) is 0 Å². The average Bonchev–Trinajstić information content (AvgIpc) is 2.37. The largest absolute Gasteiger partial charge is 0.433 e. The molecule has 20 heavy (non-hydrogen) atoms. The Balaban J connectivity index is 2.71. The molecule has 1 heterocycles. The first-order valence-corrected chi connectivity index (χ1v) is 6.22. The smallest absolute Gasteiger partial charge is 0.392 e. The highest BCUT2D eigenvalue weighted by Crippen LogP contribution is 2.37. The quantitative estimate of drug-likeness (QED) is 0.879. The molecule has 2 aromatic rings. The molecule has 0 aliphatic rings. The van der Waals surface area contributed by atoms with Gasteiger partial charge in [0.25, 0.3) is 0 Å². The van der Waals surface area contributed by atoms with Gasteiger partial charge in [-0.25, -0.2) is 4.98 Å². The van der Waals surface area contributed by atoms with Crippen LogP contribution in [0.4, 0.5) is 13.2 Å². The van der Waals surface area contributed by atoms with Crippen molar-refractivity contribution >= 4 is 23.2 Å². The van der Waals surface area contributed by atoms with Crippen molar-refractivity contribution in [1.82, 2.24) is 4.98 Å². The van der Waals surface area contributed by atoms with Gasteiger partial charge >= 0.3 is 6.18 Å². The molecule has 1 aromatic heterocycles. The van der Waals surface area contributed by atoms with Crippen LogP contribution in [0.1, 0.15) is 11.3 Å². The molecule has 0 aliphatic heterocycles. The van der Waals surface area contributed by atoms with Crippen molar-refractivity contribution in [2.24, 2.45) is 0 Å². The summed E-state index contributed by atoms with van der Waals surface area (Å²) in [6.45, 7) is -0.470. The van der Waals surface area contributed by atoms with Crippen LogP contribution in [0, 0.1) is 0 Å². The number of halogens is 5. The SMILES string of the molecule is OCc1ccc(C(F)(F)F)nc1-c1c(Cl)cccc1Cl. The molecule has 2 rings (SSSR count). The maximum atomic E-state index is 12.7. The lowest BCUT2D eigenvalue weighted by atomic mass is 10.1. The zero-order chi connectivity index (χ0) is 14.9. The van der Waals surface area contributed by atoms with Crippen LogP contribution in [0.25, 0.3) is 11.3 Å². The normalized spacial score (nSPS) is 11.7. The molecule has 0 amide bonds. The number of aliphatic hydroxyl groups is 1. The number of rotatable bonds is 2. The van der Waals surface area contributed by atoms with Gasteiger partial charge in [-0.2, -0.15) is 13.2 Å².